The molecular formula is C19H35N5O. The Hall–Kier alpha value is -1.85. The van der Waals surface area contributed by atoms with Crippen LogP contribution < -0.4 is 5.32 Å². The van der Waals surface area contributed by atoms with Crippen LogP contribution in [0.5, 0.6) is 0 Å². The smallest absolute Gasteiger partial charge is 0.226 e. The van der Waals surface area contributed by atoms with Gasteiger partial charge in [-0.15, -0.1) is 6.58 Å². The fourth-order valence-corrected chi connectivity index (χ4v) is 2.41. The third kappa shape index (κ3) is 8.70. The Bertz CT molecular complexity index is 510. The number of nitrogens with one attached hydrogen (secondary N) is 1. The van der Waals surface area contributed by atoms with Gasteiger partial charge in [-0.3, -0.25) is 4.99 Å². The van der Waals surface area contributed by atoms with Gasteiger partial charge in [0.1, 0.15) is 0 Å². The maximum Gasteiger partial charge on any atom is 0.226 e. The summed E-state index contributed by atoms with van der Waals surface area (Å²) in [5.41, 5.74) is 0. The highest BCUT2D eigenvalue weighted by atomic mass is 16.5. The van der Waals surface area contributed by atoms with Crippen molar-refractivity contribution >= 4 is 5.96 Å². The summed E-state index contributed by atoms with van der Waals surface area (Å²) in [6.45, 7) is 12.6. The Balaban J connectivity index is 2.36. The monoisotopic (exact) mass is 349 g/mol. The van der Waals surface area contributed by atoms with Gasteiger partial charge in [0.05, 0.1) is 0 Å². The van der Waals surface area contributed by atoms with E-state index < -0.39 is 0 Å². The van der Waals surface area contributed by atoms with Crippen LogP contribution in [-0.2, 0) is 6.42 Å². The summed E-state index contributed by atoms with van der Waals surface area (Å²) < 4.78 is 5.27. The number of nitrogens with zero attached hydrogens (tertiary/aromatic N) is 4. The summed E-state index contributed by atoms with van der Waals surface area (Å²) in [6, 6.07) is 0. The molecule has 0 aliphatic rings. The number of rotatable bonds is 12. The lowest BCUT2D eigenvalue weighted by Gasteiger charge is -2.22. The molecule has 0 aromatic carbocycles. The molecule has 6 heteroatoms. The first-order chi connectivity index (χ1) is 12.1. The van der Waals surface area contributed by atoms with E-state index in [-0.39, 0.29) is 0 Å². The molecule has 0 aliphatic heterocycles. The Kier molecular flexibility index (Phi) is 10.6. The van der Waals surface area contributed by atoms with Gasteiger partial charge in [0.2, 0.25) is 5.89 Å². The number of guanidine groups is 1. The summed E-state index contributed by atoms with van der Waals surface area (Å²) >= 11 is 0. The summed E-state index contributed by atoms with van der Waals surface area (Å²) in [7, 11) is 2.10. The molecule has 0 atom stereocenters. The number of unbranched alkanes of at least 4 members (excludes halogenated alkanes) is 3. The molecule has 0 fully saturated rings. The molecule has 1 rings (SSSR count). The van der Waals surface area contributed by atoms with E-state index in [0.29, 0.717) is 11.8 Å². The molecule has 1 N–H and O–H groups in total. The molecule has 142 valence electrons. The quantitative estimate of drug-likeness (QED) is 0.269. The maximum absolute atomic E-state index is 5.27. The van der Waals surface area contributed by atoms with Crippen LogP contribution in [0.15, 0.2) is 22.2 Å². The van der Waals surface area contributed by atoms with Crippen molar-refractivity contribution in [2.75, 3.05) is 26.7 Å². The fourth-order valence-electron chi connectivity index (χ4n) is 2.41. The topological polar surface area (TPSA) is 66.5 Å². The molecule has 0 saturated carbocycles. The third-order valence-corrected chi connectivity index (χ3v) is 3.91. The molecule has 0 spiro atoms. The number of aromatic nitrogens is 2. The van der Waals surface area contributed by atoms with Crippen LogP contribution in [0.25, 0.3) is 0 Å². The Labute approximate surface area is 152 Å². The molecular weight excluding hydrogens is 314 g/mol. The maximum atomic E-state index is 5.27. The molecule has 1 aromatic heterocycles. The number of hydrogen-bond donors (Lipinski definition) is 1. The van der Waals surface area contributed by atoms with Crippen LogP contribution >= 0.6 is 0 Å². The van der Waals surface area contributed by atoms with Gasteiger partial charge in [-0.05, 0) is 32.6 Å². The highest BCUT2D eigenvalue weighted by Gasteiger charge is 2.09. The molecule has 0 bridgehead atoms. The Morgan fingerprint density at radius 1 is 1.32 bits per heavy atom. The van der Waals surface area contributed by atoms with Gasteiger partial charge in [-0.25, -0.2) is 0 Å². The van der Waals surface area contributed by atoms with Gasteiger partial charge in [0, 0.05) is 39.0 Å². The number of allylic oxidation sites excluding steroid dienone is 1. The van der Waals surface area contributed by atoms with Gasteiger partial charge in [-0.2, -0.15) is 4.98 Å². The van der Waals surface area contributed by atoms with Gasteiger partial charge < -0.3 is 14.7 Å². The molecule has 0 saturated heterocycles. The first-order valence-corrected chi connectivity index (χ1v) is 9.51. The van der Waals surface area contributed by atoms with Gasteiger partial charge in [0.15, 0.2) is 11.8 Å². The predicted molar refractivity (Wildman–Crippen MR) is 104 cm³/mol. The zero-order valence-corrected chi connectivity index (χ0v) is 16.4. The molecule has 0 amide bonds. The zero-order valence-electron chi connectivity index (χ0n) is 16.4. The average molecular weight is 350 g/mol. The van der Waals surface area contributed by atoms with Gasteiger partial charge in [0.25, 0.3) is 0 Å². The van der Waals surface area contributed by atoms with Crippen LogP contribution in [0.3, 0.4) is 0 Å². The molecule has 25 heavy (non-hydrogen) atoms. The molecule has 0 aliphatic carbocycles. The van der Waals surface area contributed by atoms with Crippen molar-refractivity contribution in [3.63, 3.8) is 0 Å². The average Bonchev–Trinajstić information content (AvgIpc) is 3.06. The van der Waals surface area contributed by atoms with E-state index in [0.717, 1.165) is 50.7 Å². The predicted octanol–water partition coefficient (Wildman–Crippen LogP) is 3.77. The fraction of sp³-hybridized carbons (Fsp3) is 0.737. The van der Waals surface area contributed by atoms with E-state index in [4.69, 9.17) is 9.52 Å². The van der Waals surface area contributed by atoms with Crippen LogP contribution in [-0.4, -0.2) is 47.7 Å². The van der Waals surface area contributed by atoms with E-state index >= 15 is 0 Å². The van der Waals surface area contributed by atoms with Crippen molar-refractivity contribution in [1.29, 1.82) is 0 Å². The van der Waals surface area contributed by atoms with E-state index in [1.54, 1.807) is 0 Å². The second-order valence-corrected chi connectivity index (χ2v) is 6.60. The van der Waals surface area contributed by atoms with E-state index in [2.05, 4.69) is 54.8 Å². The standard InChI is InChI=1S/C19H35N5O/c1-6-8-9-10-11-15-24(5)19(20-7-2)21-14-12-13-17-22-18(16(3)4)23-25-17/h6,16H,1,7-15H2,2-5H3,(H,20,21). The lowest BCUT2D eigenvalue weighted by molar-refractivity contribution is 0.369. The summed E-state index contributed by atoms with van der Waals surface area (Å²) in [6.07, 6.45) is 8.39. The third-order valence-electron chi connectivity index (χ3n) is 3.91. The zero-order chi connectivity index (χ0) is 18.5. The Morgan fingerprint density at radius 3 is 2.76 bits per heavy atom. The second-order valence-electron chi connectivity index (χ2n) is 6.60. The molecule has 1 heterocycles. The Morgan fingerprint density at radius 2 is 2.12 bits per heavy atom. The SMILES string of the molecule is C=CCCCCCN(C)C(=NCCCc1nc(C(C)C)no1)NCC. The molecule has 0 radical (unpaired) electrons. The van der Waals surface area contributed by atoms with Crippen molar-refractivity contribution in [2.24, 2.45) is 4.99 Å². The van der Waals surface area contributed by atoms with E-state index in [1.807, 2.05) is 6.08 Å². The van der Waals surface area contributed by atoms with E-state index in [1.165, 1.54) is 19.3 Å². The summed E-state index contributed by atoms with van der Waals surface area (Å²) in [5.74, 6) is 2.76. The summed E-state index contributed by atoms with van der Waals surface area (Å²) in [4.78, 5) is 11.3. The van der Waals surface area contributed by atoms with Crippen molar-refractivity contribution in [3.8, 4) is 0 Å². The molecule has 0 unspecified atom stereocenters. The van der Waals surface area contributed by atoms with Crippen LogP contribution in [0.2, 0.25) is 0 Å². The minimum Gasteiger partial charge on any atom is -0.357 e. The largest absolute Gasteiger partial charge is 0.357 e. The lowest BCUT2D eigenvalue weighted by Crippen LogP contribution is -2.39. The number of hydrogen-bond acceptors (Lipinski definition) is 4. The molecule has 6 nitrogen and oxygen atoms in total. The first kappa shape index (κ1) is 21.2. The minimum atomic E-state index is 0.302. The highest BCUT2D eigenvalue weighted by Crippen LogP contribution is 2.10. The van der Waals surface area contributed by atoms with Gasteiger partial charge in [-0.1, -0.05) is 31.5 Å². The first-order valence-electron chi connectivity index (χ1n) is 9.51. The van der Waals surface area contributed by atoms with E-state index in [9.17, 15) is 0 Å². The van der Waals surface area contributed by atoms with Crippen molar-refractivity contribution < 1.29 is 4.52 Å². The number of aryl methyl sites for hydroxylation is 1. The van der Waals surface area contributed by atoms with Gasteiger partial charge >= 0.3 is 0 Å². The summed E-state index contributed by atoms with van der Waals surface area (Å²) in [5, 5.41) is 7.35. The minimum absolute atomic E-state index is 0.302. The molecule has 1 aromatic rings. The van der Waals surface area contributed by atoms with Crippen molar-refractivity contribution in [1.82, 2.24) is 20.4 Å². The van der Waals surface area contributed by atoms with Crippen molar-refractivity contribution in [2.45, 2.75) is 65.2 Å². The second kappa shape index (κ2) is 12.5. The van der Waals surface area contributed by atoms with Crippen LogP contribution in [0, 0.1) is 0 Å². The number of aliphatic imine (C=N–C) groups is 1. The van der Waals surface area contributed by atoms with Crippen LogP contribution in [0.4, 0.5) is 0 Å². The van der Waals surface area contributed by atoms with Crippen molar-refractivity contribution in [3.05, 3.63) is 24.4 Å². The lowest BCUT2D eigenvalue weighted by atomic mass is 10.2. The highest BCUT2D eigenvalue weighted by molar-refractivity contribution is 5.79. The van der Waals surface area contributed by atoms with Crippen LogP contribution in [0.1, 0.15) is 70.5 Å². The normalized spacial score (nSPS) is 11.8.